The van der Waals surface area contributed by atoms with Gasteiger partial charge in [-0.3, -0.25) is 4.79 Å². The molecule has 0 aromatic heterocycles. The van der Waals surface area contributed by atoms with Crippen molar-refractivity contribution in [3.63, 3.8) is 0 Å². The van der Waals surface area contributed by atoms with Crippen LogP contribution in [0.5, 0.6) is 0 Å². The Bertz CT molecular complexity index is 344. The highest BCUT2D eigenvalue weighted by Crippen LogP contribution is 2.14. The summed E-state index contributed by atoms with van der Waals surface area (Å²) in [5, 5.41) is 8.80. The monoisotopic (exact) mass is 236 g/mol. The van der Waals surface area contributed by atoms with E-state index in [2.05, 4.69) is 4.72 Å². The Morgan fingerprint density at radius 1 is 1.33 bits per heavy atom. The molecular formula is C8H16N2O4S. The van der Waals surface area contributed by atoms with Gasteiger partial charge >= 0.3 is 5.97 Å². The lowest BCUT2D eigenvalue weighted by molar-refractivity contribution is -0.142. The van der Waals surface area contributed by atoms with Crippen molar-refractivity contribution in [2.45, 2.75) is 32.2 Å². The lowest BCUT2D eigenvalue weighted by Crippen LogP contribution is -2.53. The van der Waals surface area contributed by atoms with E-state index in [1.165, 1.54) is 18.2 Å². The standard InChI is InChI=1S/C8H16N2O4S/c1-8(2,7(11)12)9-15(13,14)10-5-3-4-6-10/h9H,3-6H2,1-2H3,(H,11,12). The molecule has 0 aromatic carbocycles. The number of carbonyl (C=O) groups is 1. The fourth-order valence-electron chi connectivity index (χ4n) is 1.36. The Labute approximate surface area is 89.4 Å². The first-order chi connectivity index (χ1) is 6.76. The van der Waals surface area contributed by atoms with E-state index in [0.717, 1.165) is 12.8 Å². The summed E-state index contributed by atoms with van der Waals surface area (Å²) in [7, 11) is -3.66. The zero-order valence-corrected chi connectivity index (χ0v) is 9.67. The Balaban J connectivity index is 2.76. The number of hydrogen-bond donors (Lipinski definition) is 2. The zero-order valence-electron chi connectivity index (χ0n) is 8.86. The first-order valence-electron chi connectivity index (χ1n) is 4.78. The Hall–Kier alpha value is -0.660. The van der Waals surface area contributed by atoms with Crippen molar-refractivity contribution in [2.75, 3.05) is 13.1 Å². The molecule has 1 heterocycles. The lowest BCUT2D eigenvalue weighted by Gasteiger charge is -2.24. The molecule has 1 aliphatic rings. The quantitative estimate of drug-likeness (QED) is 0.706. The van der Waals surface area contributed by atoms with Crippen LogP contribution in [0.15, 0.2) is 0 Å². The van der Waals surface area contributed by atoms with Gasteiger partial charge < -0.3 is 5.11 Å². The lowest BCUT2D eigenvalue weighted by atomic mass is 10.1. The first-order valence-corrected chi connectivity index (χ1v) is 6.22. The van der Waals surface area contributed by atoms with Crippen LogP contribution in [0.1, 0.15) is 26.7 Å². The van der Waals surface area contributed by atoms with Crippen LogP contribution >= 0.6 is 0 Å². The van der Waals surface area contributed by atoms with Crippen LogP contribution < -0.4 is 4.72 Å². The smallest absolute Gasteiger partial charge is 0.324 e. The summed E-state index contributed by atoms with van der Waals surface area (Å²) in [5.41, 5.74) is -1.47. The number of nitrogens with one attached hydrogen (secondary N) is 1. The van der Waals surface area contributed by atoms with Crippen molar-refractivity contribution >= 4 is 16.2 Å². The summed E-state index contributed by atoms with van der Waals surface area (Å²) in [6, 6.07) is 0. The fourth-order valence-corrected chi connectivity index (χ4v) is 2.96. The Morgan fingerprint density at radius 3 is 2.20 bits per heavy atom. The number of nitrogens with zero attached hydrogens (tertiary/aromatic N) is 1. The number of carboxylic acid groups (broad SMARTS) is 1. The molecule has 0 aromatic rings. The molecule has 0 amide bonds. The minimum Gasteiger partial charge on any atom is -0.480 e. The van der Waals surface area contributed by atoms with Crippen molar-refractivity contribution in [3.8, 4) is 0 Å². The molecule has 7 heteroatoms. The van der Waals surface area contributed by atoms with E-state index in [-0.39, 0.29) is 0 Å². The van der Waals surface area contributed by atoms with Gasteiger partial charge in [0.25, 0.3) is 10.2 Å². The van der Waals surface area contributed by atoms with Gasteiger partial charge in [0.15, 0.2) is 0 Å². The second-order valence-electron chi connectivity index (χ2n) is 4.14. The molecule has 0 spiro atoms. The molecule has 0 atom stereocenters. The molecule has 0 saturated carbocycles. The van der Waals surface area contributed by atoms with Crippen LogP contribution in [0.4, 0.5) is 0 Å². The highest BCUT2D eigenvalue weighted by Gasteiger charge is 2.35. The van der Waals surface area contributed by atoms with Crippen molar-refractivity contribution in [1.82, 2.24) is 9.03 Å². The Morgan fingerprint density at radius 2 is 1.80 bits per heavy atom. The van der Waals surface area contributed by atoms with Gasteiger partial charge in [-0.05, 0) is 26.7 Å². The van der Waals surface area contributed by atoms with Gasteiger partial charge in [-0.2, -0.15) is 17.4 Å². The van der Waals surface area contributed by atoms with Gasteiger partial charge in [0.05, 0.1) is 0 Å². The number of carboxylic acids is 1. The molecule has 0 radical (unpaired) electrons. The Kier molecular flexibility index (Phi) is 3.37. The third-order valence-corrected chi connectivity index (χ3v) is 4.14. The maximum Gasteiger partial charge on any atom is 0.324 e. The van der Waals surface area contributed by atoms with E-state index in [1.54, 1.807) is 0 Å². The van der Waals surface area contributed by atoms with Crippen LogP contribution in [0, 0.1) is 0 Å². The molecule has 2 N–H and O–H groups in total. The van der Waals surface area contributed by atoms with Crippen molar-refractivity contribution in [2.24, 2.45) is 0 Å². The van der Waals surface area contributed by atoms with E-state index < -0.39 is 21.7 Å². The molecule has 1 fully saturated rings. The van der Waals surface area contributed by atoms with Gasteiger partial charge in [-0.1, -0.05) is 0 Å². The number of hydrogen-bond acceptors (Lipinski definition) is 3. The molecule has 0 bridgehead atoms. The largest absolute Gasteiger partial charge is 0.480 e. The number of rotatable bonds is 4. The molecule has 1 saturated heterocycles. The molecule has 0 unspecified atom stereocenters. The third kappa shape index (κ3) is 2.90. The normalized spacial score (nSPS) is 19.3. The molecular weight excluding hydrogens is 220 g/mol. The van der Waals surface area contributed by atoms with Crippen molar-refractivity contribution in [1.29, 1.82) is 0 Å². The summed E-state index contributed by atoms with van der Waals surface area (Å²) in [4.78, 5) is 10.8. The van der Waals surface area contributed by atoms with E-state index in [4.69, 9.17) is 5.11 Å². The summed E-state index contributed by atoms with van der Waals surface area (Å²) >= 11 is 0. The first kappa shape index (κ1) is 12.4. The van der Waals surface area contributed by atoms with E-state index in [1.807, 2.05) is 0 Å². The third-order valence-electron chi connectivity index (χ3n) is 2.32. The number of aliphatic carboxylic acids is 1. The van der Waals surface area contributed by atoms with Gasteiger partial charge in [0, 0.05) is 13.1 Å². The van der Waals surface area contributed by atoms with Gasteiger partial charge in [-0.25, -0.2) is 0 Å². The molecule has 0 aliphatic carbocycles. The maximum absolute atomic E-state index is 11.7. The SMILES string of the molecule is CC(C)(NS(=O)(=O)N1CCCC1)C(=O)O. The van der Waals surface area contributed by atoms with Crippen LogP contribution in [0.2, 0.25) is 0 Å². The second-order valence-corrected chi connectivity index (χ2v) is 5.81. The molecule has 1 aliphatic heterocycles. The van der Waals surface area contributed by atoms with Crippen LogP contribution in [-0.2, 0) is 15.0 Å². The summed E-state index contributed by atoms with van der Waals surface area (Å²) < 4.78 is 26.9. The zero-order chi connectivity index (χ0) is 11.7. The average molecular weight is 236 g/mol. The van der Waals surface area contributed by atoms with Gasteiger partial charge in [0.1, 0.15) is 5.54 Å². The fraction of sp³-hybridized carbons (Fsp3) is 0.875. The van der Waals surface area contributed by atoms with Crippen molar-refractivity contribution < 1.29 is 18.3 Å². The summed E-state index contributed by atoms with van der Waals surface area (Å²) in [6.45, 7) is 3.57. The predicted octanol–water partition coefficient (Wildman–Crippen LogP) is -0.220. The minimum absolute atomic E-state index is 0.463. The van der Waals surface area contributed by atoms with Crippen LogP contribution in [-0.4, -0.2) is 42.4 Å². The summed E-state index contributed by atoms with van der Waals surface area (Å²) in [5.74, 6) is -1.19. The molecule has 88 valence electrons. The highest BCUT2D eigenvalue weighted by molar-refractivity contribution is 7.87. The van der Waals surface area contributed by atoms with E-state index in [0.29, 0.717) is 13.1 Å². The van der Waals surface area contributed by atoms with Gasteiger partial charge in [0.2, 0.25) is 0 Å². The summed E-state index contributed by atoms with van der Waals surface area (Å²) in [6.07, 6.45) is 1.66. The molecule has 6 nitrogen and oxygen atoms in total. The second kappa shape index (κ2) is 4.07. The maximum atomic E-state index is 11.7. The van der Waals surface area contributed by atoms with Crippen molar-refractivity contribution in [3.05, 3.63) is 0 Å². The van der Waals surface area contributed by atoms with E-state index >= 15 is 0 Å². The highest BCUT2D eigenvalue weighted by atomic mass is 32.2. The topological polar surface area (TPSA) is 86.7 Å². The van der Waals surface area contributed by atoms with Crippen LogP contribution in [0.25, 0.3) is 0 Å². The molecule has 1 rings (SSSR count). The van der Waals surface area contributed by atoms with Gasteiger partial charge in [-0.15, -0.1) is 0 Å². The van der Waals surface area contributed by atoms with E-state index in [9.17, 15) is 13.2 Å². The predicted molar refractivity (Wildman–Crippen MR) is 54.6 cm³/mol. The average Bonchev–Trinajstić information content (AvgIpc) is 2.53. The minimum atomic E-state index is -3.66. The van der Waals surface area contributed by atoms with Crippen LogP contribution in [0.3, 0.4) is 0 Å². The molecule has 15 heavy (non-hydrogen) atoms.